The van der Waals surface area contributed by atoms with Crippen LogP contribution in [0.2, 0.25) is 0 Å². The molecule has 0 aliphatic carbocycles. The Labute approximate surface area is 163 Å². The number of hydrogen-bond donors (Lipinski definition) is 0. The van der Waals surface area contributed by atoms with Gasteiger partial charge in [0.2, 0.25) is 5.91 Å². The predicted octanol–water partition coefficient (Wildman–Crippen LogP) is 2.66. The van der Waals surface area contributed by atoms with E-state index >= 15 is 0 Å². The number of para-hydroxylation sites is 1. The lowest BCUT2D eigenvalue weighted by molar-refractivity contribution is -0.131. The van der Waals surface area contributed by atoms with Crippen molar-refractivity contribution in [1.29, 1.82) is 0 Å². The highest BCUT2D eigenvalue weighted by Crippen LogP contribution is 2.39. The van der Waals surface area contributed by atoms with Crippen LogP contribution in [-0.4, -0.2) is 39.8 Å². The number of nitrogens with zero attached hydrogens (tertiary/aromatic N) is 2. The van der Waals surface area contributed by atoms with E-state index in [2.05, 4.69) is 0 Å². The van der Waals surface area contributed by atoms with Gasteiger partial charge in [-0.1, -0.05) is 18.2 Å². The molecule has 6 heteroatoms. The zero-order valence-corrected chi connectivity index (χ0v) is 15.8. The summed E-state index contributed by atoms with van der Waals surface area (Å²) in [6.07, 6.45) is 4.56. The van der Waals surface area contributed by atoms with E-state index in [4.69, 9.17) is 4.74 Å². The molecule has 1 atom stereocenters. The van der Waals surface area contributed by atoms with E-state index in [0.717, 1.165) is 12.8 Å². The minimum Gasteiger partial charge on any atom is -0.486 e. The predicted molar refractivity (Wildman–Crippen MR) is 104 cm³/mol. The molecule has 1 aromatic heterocycles. The molecule has 146 valence electrons. The molecule has 1 fully saturated rings. The summed E-state index contributed by atoms with van der Waals surface area (Å²) in [4.78, 5) is 38.9. The third kappa shape index (κ3) is 3.72. The number of Topliss-reactive ketones (excluding diaryl/α,β-unsaturated/α-hetero) is 1. The highest BCUT2D eigenvalue weighted by molar-refractivity contribution is 6.00. The van der Waals surface area contributed by atoms with Crippen molar-refractivity contribution in [2.75, 3.05) is 13.1 Å². The fourth-order valence-electron chi connectivity index (χ4n) is 4.16. The molecule has 0 radical (unpaired) electrons. The molecule has 1 unspecified atom stereocenters. The van der Waals surface area contributed by atoms with E-state index in [1.807, 2.05) is 29.2 Å². The summed E-state index contributed by atoms with van der Waals surface area (Å²) < 4.78 is 7.83. The molecule has 1 saturated heterocycles. The number of likely N-dealkylation sites (tertiary alicyclic amines) is 1. The smallest absolute Gasteiger partial charge is 0.250 e. The average Bonchev–Trinajstić information content (AvgIpc) is 2.89. The highest BCUT2D eigenvalue weighted by atomic mass is 16.5. The Balaban J connectivity index is 1.40. The zero-order chi connectivity index (χ0) is 19.6. The summed E-state index contributed by atoms with van der Waals surface area (Å²) in [5.41, 5.74) is 0.0353. The molecule has 3 heterocycles. The maximum atomic E-state index is 12.7. The standard InChI is InChI=1S/C22H24N2O4/c25-18-16-22(28-19-7-2-1-6-17(18)19)10-5-13-24(15-11-22)21(27)9-14-23-12-4-3-8-20(23)26/h1-4,6-8,12H,5,9-11,13-16H2. The summed E-state index contributed by atoms with van der Waals surface area (Å²) in [7, 11) is 0. The lowest BCUT2D eigenvalue weighted by Gasteiger charge is -2.37. The number of amides is 1. The van der Waals surface area contributed by atoms with Crippen LogP contribution in [0.5, 0.6) is 5.75 Å². The van der Waals surface area contributed by atoms with Crippen molar-refractivity contribution in [3.8, 4) is 5.75 Å². The van der Waals surface area contributed by atoms with Crippen molar-refractivity contribution < 1.29 is 14.3 Å². The molecule has 1 spiro atoms. The quantitative estimate of drug-likeness (QED) is 0.821. The molecule has 6 nitrogen and oxygen atoms in total. The van der Waals surface area contributed by atoms with Crippen LogP contribution in [0.1, 0.15) is 42.5 Å². The molecule has 0 bridgehead atoms. The van der Waals surface area contributed by atoms with Gasteiger partial charge < -0.3 is 14.2 Å². The first-order valence-electron chi connectivity index (χ1n) is 9.81. The van der Waals surface area contributed by atoms with Gasteiger partial charge in [0.25, 0.3) is 5.56 Å². The number of aromatic nitrogens is 1. The number of ketones is 1. The van der Waals surface area contributed by atoms with Gasteiger partial charge in [0.05, 0.1) is 12.0 Å². The van der Waals surface area contributed by atoms with Crippen molar-refractivity contribution in [2.24, 2.45) is 0 Å². The van der Waals surface area contributed by atoms with Crippen LogP contribution < -0.4 is 10.3 Å². The molecule has 2 aliphatic heterocycles. The third-order valence-corrected chi connectivity index (χ3v) is 5.71. The zero-order valence-electron chi connectivity index (χ0n) is 15.8. The molecule has 1 amide bonds. The van der Waals surface area contributed by atoms with Crippen LogP contribution >= 0.6 is 0 Å². The Morgan fingerprint density at radius 2 is 1.86 bits per heavy atom. The normalized spacial score (nSPS) is 21.7. The summed E-state index contributed by atoms with van der Waals surface area (Å²) in [6.45, 7) is 1.60. The van der Waals surface area contributed by atoms with Gasteiger partial charge >= 0.3 is 0 Å². The largest absolute Gasteiger partial charge is 0.486 e. The van der Waals surface area contributed by atoms with Crippen LogP contribution in [0, 0.1) is 0 Å². The lowest BCUT2D eigenvalue weighted by Crippen LogP contribution is -2.43. The average molecular weight is 380 g/mol. The molecule has 0 saturated carbocycles. The van der Waals surface area contributed by atoms with Crippen molar-refractivity contribution >= 4 is 11.7 Å². The minimum absolute atomic E-state index is 0.0374. The van der Waals surface area contributed by atoms with E-state index in [0.29, 0.717) is 50.2 Å². The number of fused-ring (bicyclic) bond motifs is 1. The second-order valence-corrected chi connectivity index (χ2v) is 7.60. The van der Waals surface area contributed by atoms with Gasteiger partial charge in [0.1, 0.15) is 11.4 Å². The maximum Gasteiger partial charge on any atom is 0.250 e. The van der Waals surface area contributed by atoms with Gasteiger partial charge in [-0.15, -0.1) is 0 Å². The van der Waals surface area contributed by atoms with Crippen LogP contribution in [0.25, 0.3) is 0 Å². The van der Waals surface area contributed by atoms with Crippen LogP contribution in [0.3, 0.4) is 0 Å². The Morgan fingerprint density at radius 3 is 2.71 bits per heavy atom. The monoisotopic (exact) mass is 380 g/mol. The number of benzene rings is 1. The first kappa shape index (κ1) is 18.5. The summed E-state index contributed by atoms with van der Waals surface area (Å²) in [6, 6.07) is 12.4. The lowest BCUT2D eigenvalue weighted by atomic mass is 9.84. The molecular weight excluding hydrogens is 356 g/mol. The van der Waals surface area contributed by atoms with Crippen molar-refractivity contribution in [2.45, 2.75) is 44.2 Å². The Hall–Kier alpha value is -2.89. The van der Waals surface area contributed by atoms with Crippen LogP contribution in [0.15, 0.2) is 53.5 Å². The second-order valence-electron chi connectivity index (χ2n) is 7.60. The second kappa shape index (κ2) is 7.62. The van der Waals surface area contributed by atoms with Crippen LogP contribution in [-0.2, 0) is 11.3 Å². The van der Waals surface area contributed by atoms with E-state index in [9.17, 15) is 14.4 Å². The Bertz CT molecular complexity index is 951. The SMILES string of the molecule is O=C1CC2(CCCN(C(=O)CCn3ccccc3=O)CC2)Oc2ccccc21. The van der Waals surface area contributed by atoms with Gasteiger partial charge in [0.15, 0.2) is 5.78 Å². The van der Waals surface area contributed by atoms with Gasteiger partial charge in [-0.2, -0.15) is 0 Å². The molecule has 1 aromatic carbocycles. The number of pyridine rings is 1. The molecule has 4 rings (SSSR count). The number of ether oxygens (including phenoxy) is 1. The number of carbonyl (C=O) groups excluding carboxylic acids is 2. The van der Waals surface area contributed by atoms with Crippen LogP contribution in [0.4, 0.5) is 0 Å². The minimum atomic E-state index is -0.517. The van der Waals surface area contributed by atoms with Crippen molar-refractivity contribution in [3.63, 3.8) is 0 Å². The van der Waals surface area contributed by atoms with E-state index in [1.54, 1.807) is 22.9 Å². The number of hydrogen-bond acceptors (Lipinski definition) is 4. The first-order chi connectivity index (χ1) is 13.6. The van der Waals surface area contributed by atoms with Gasteiger partial charge in [-0.05, 0) is 31.0 Å². The molecule has 28 heavy (non-hydrogen) atoms. The summed E-state index contributed by atoms with van der Waals surface area (Å²) in [5, 5.41) is 0. The van der Waals surface area contributed by atoms with Crippen molar-refractivity contribution in [1.82, 2.24) is 9.47 Å². The fraction of sp³-hybridized carbons (Fsp3) is 0.409. The van der Waals surface area contributed by atoms with E-state index in [-0.39, 0.29) is 17.2 Å². The summed E-state index contributed by atoms with van der Waals surface area (Å²) in [5.74, 6) is 0.808. The van der Waals surface area contributed by atoms with Gasteiger partial charge in [0, 0.05) is 44.7 Å². The molecule has 2 aliphatic rings. The van der Waals surface area contributed by atoms with Gasteiger partial charge in [-0.25, -0.2) is 0 Å². The molecule has 2 aromatic rings. The third-order valence-electron chi connectivity index (χ3n) is 5.71. The van der Waals surface area contributed by atoms with Gasteiger partial charge in [-0.3, -0.25) is 14.4 Å². The number of rotatable bonds is 3. The highest BCUT2D eigenvalue weighted by Gasteiger charge is 2.41. The van der Waals surface area contributed by atoms with Crippen molar-refractivity contribution in [3.05, 3.63) is 64.6 Å². The van der Waals surface area contributed by atoms with E-state index < -0.39 is 5.60 Å². The molecule has 0 N–H and O–H groups in total. The summed E-state index contributed by atoms with van der Waals surface area (Å²) >= 11 is 0. The number of aryl methyl sites for hydroxylation is 1. The maximum absolute atomic E-state index is 12.7. The Morgan fingerprint density at radius 1 is 1.04 bits per heavy atom. The van der Waals surface area contributed by atoms with E-state index in [1.165, 1.54) is 6.07 Å². The topological polar surface area (TPSA) is 68.6 Å². The first-order valence-corrected chi connectivity index (χ1v) is 9.81. The number of carbonyl (C=O) groups is 2. The fourth-order valence-corrected chi connectivity index (χ4v) is 4.16. The molecular formula is C22H24N2O4. The Kier molecular flexibility index (Phi) is 5.03.